The molecule has 4 aliphatic carbocycles. The quantitative estimate of drug-likeness (QED) is 0.190. The standard InChI is InChI=1S/C35H57NO6/c1-19(2)20(3)8-9-21(4)24-12-13-26-23-10-11-25-22(5)28(15-17-35(25,7)27(23)14-16-34(24,26)6)41-33-32(39)30(36-40)31(38)29(18-37)42-33/h10,19-22,24-28,30,32-33,37-39H,8-9,11-18H2,1-7H3. The van der Waals surface area contributed by atoms with Gasteiger partial charge in [-0.3, -0.25) is 0 Å². The molecule has 3 saturated carbocycles. The second kappa shape index (κ2) is 12.2. The first-order valence-electron chi connectivity index (χ1n) is 16.9. The van der Waals surface area contributed by atoms with E-state index in [2.05, 4.69) is 59.7 Å². The van der Waals surface area contributed by atoms with E-state index in [9.17, 15) is 20.2 Å². The molecule has 5 rings (SSSR count). The van der Waals surface area contributed by atoms with Crippen LogP contribution in [0, 0.1) is 63.1 Å². The summed E-state index contributed by atoms with van der Waals surface area (Å²) in [6.07, 6.45) is 10.9. The first kappa shape index (κ1) is 32.0. The van der Waals surface area contributed by atoms with Crippen LogP contribution < -0.4 is 0 Å². The fourth-order valence-electron chi connectivity index (χ4n) is 10.4. The molecule has 1 heterocycles. The largest absolute Gasteiger partial charge is 0.506 e. The van der Waals surface area contributed by atoms with Crippen LogP contribution in [0.5, 0.6) is 0 Å². The number of hydrogen-bond donors (Lipinski definition) is 3. The van der Waals surface area contributed by atoms with E-state index in [1.54, 1.807) is 5.57 Å². The predicted molar refractivity (Wildman–Crippen MR) is 164 cm³/mol. The lowest BCUT2D eigenvalue weighted by atomic mass is 9.46. The third-order valence-electron chi connectivity index (χ3n) is 13.5. The van der Waals surface area contributed by atoms with Crippen LogP contribution >= 0.6 is 0 Å². The van der Waals surface area contributed by atoms with Gasteiger partial charge in [0.05, 0.1) is 6.10 Å². The van der Waals surface area contributed by atoms with Crippen LogP contribution in [0.2, 0.25) is 0 Å². The number of rotatable bonds is 9. The maximum absolute atomic E-state index is 11.3. The number of ether oxygens (including phenoxy) is 2. The van der Waals surface area contributed by atoms with Gasteiger partial charge in [-0.2, -0.15) is 0 Å². The van der Waals surface area contributed by atoms with Crippen LogP contribution in [-0.2, 0) is 9.47 Å². The van der Waals surface area contributed by atoms with E-state index < -0.39 is 30.8 Å². The molecule has 238 valence electrons. The molecule has 13 unspecified atom stereocenters. The van der Waals surface area contributed by atoms with E-state index >= 15 is 0 Å². The van der Waals surface area contributed by atoms with Crippen LogP contribution in [-0.4, -0.2) is 46.5 Å². The Morgan fingerprint density at radius 1 is 1.05 bits per heavy atom. The van der Waals surface area contributed by atoms with Crippen molar-refractivity contribution in [2.45, 2.75) is 131 Å². The Labute approximate surface area is 253 Å². The van der Waals surface area contributed by atoms with Gasteiger partial charge in [0.1, 0.15) is 12.7 Å². The van der Waals surface area contributed by atoms with Crippen molar-refractivity contribution in [1.29, 1.82) is 0 Å². The van der Waals surface area contributed by atoms with Crippen molar-refractivity contribution in [3.8, 4) is 0 Å². The van der Waals surface area contributed by atoms with E-state index in [0.29, 0.717) is 23.2 Å². The minimum atomic E-state index is -1.42. The number of nitroso groups, excluding NO2 is 1. The van der Waals surface area contributed by atoms with Crippen molar-refractivity contribution >= 4 is 0 Å². The minimum absolute atomic E-state index is 0.149. The van der Waals surface area contributed by atoms with Crippen LogP contribution in [0.4, 0.5) is 0 Å². The zero-order valence-corrected chi connectivity index (χ0v) is 27.1. The molecule has 1 aliphatic heterocycles. The molecule has 7 nitrogen and oxygen atoms in total. The van der Waals surface area contributed by atoms with Gasteiger partial charge >= 0.3 is 0 Å². The first-order chi connectivity index (χ1) is 19.9. The normalized spacial score (nSPS) is 44.9. The Balaban J connectivity index is 1.29. The maximum Gasteiger partial charge on any atom is 0.228 e. The summed E-state index contributed by atoms with van der Waals surface area (Å²) in [4.78, 5) is 11.3. The van der Waals surface area contributed by atoms with Gasteiger partial charge in [0.25, 0.3) is 0 Å². The summed E-state index contributed by atoms with van der Waals surface area (Å²) in [6.45, 7) is 16.5. The second-order valence-corrected chi connectivity index (χ2v) is 15.7. The van der Waals surface area contributed by atoms with Crippen LogP contribution in [0.1, 0.15) is 106 Å². The highest BCUT2D eigenvalue weighted by molar-refractivity contribution is 5.28. The summed E-state index contributed by atoms with van der Waals surface area (Å²) >= 11 is 0. The highest BCUT2D eigenvalue weighted by Crippen LogP contribution is 2.67. The van der Waals surface area contributed by atoms with Crippen molar-refractivity contribution in [1.82, 2.24) is 0 Å². The molecular weight excluding hydrogens is 530 g/mol. The number of hydrogen-bond acceptors (Lipinski definition) is 7. The predicted octanol–water partition coefficient (Wildman–Crippen LogP) is 7.52. The monoisotopic (exact) mass is 587 g/mol. The third-order valence-corrected chi connectivity index (χ3v) is 13.5. The average molecular weight is 588 g/mol. The van der Waals surface area contributed by atoms with Gasteiger partial charge in [0.2, 0.25) is 6.29 Å². The summed E-state index contributed by atoms with van der Waals surface area (Å²) in [5, 5.41) is 33.3. The highest BCUT2D eigenvalue weighted by atomic mass is 16.7. The fraction of sp³-hybridized carbons (Fsp3) is 0.886. The molecule has 7 heteroatoms. The minimum Gasteiger partial charge on any atom is -0.506 e. The molecule has 0 spiro atoms. The Kier molecular flexibility index (Phi) is 9.25. The third kappa shape index (κ3) is 5.27. The zero-order chi connectivity index (χ0) is 30.6. The summed E-state index contributed by atoms with van der Waals surface area (Å²) in [6, 6.07) is -1.40. The average Bonchev–Trinajstić information content (AvgIpc) is 3.32. The lowest BCUT2D eigenvalue weighted by Crippen LogP contribution is -2.54. The Morgan fingerprint density at radius 3 is 2.40 bits per heavy atom. The summed E-state index contributed by atoms with van der Waals surface area (Å²) < 4.78 is 11.9. The first-order valence-corrected chi connectivity index (χ1v) is 16.9. The van der Waals surface area contributed by atoms with Gasteiger partial charge in [-0.15, -0.1) is 4.91 Å². The topological polar surface area (TPSA) is 109 Å². The fourth-order valence-corrected chi connectivity index (χ4v) is 10.4. The van der Waals surface area contributed by atoms with Gasteiger partial charge in [-0.25, -0.2) is 0 Å². The van der Waals surface area contributed by atoms with E-state index in [1.807, 2.05) is 0 Å². The Bertz CT molecular complexity index is 1060. The van der Waals surface area contributed by atoms with Gasteiger partial charge < -0.3 is 24.8 Å². The lowest BCUT2D eigenvalue weighted by molar-refractivity contribution is -0.240. The molecule has 3 fully saturated rings. The van der Waals surface area contributed by atoms with Crippen molar-refractivity contribution in [2.24, 2.45) is 63.4 Å². The molecule has 0 radical (unpaired) electrons. The maximum atomic E-state index is 11.3. The zero-order valence-electron chi connectivity index (χ0n) is 27.1. The van der Waals surface area contributed by atoms with Crippen molar-refractivity contribution in [3.05, 3.63) is 28.1 Å². The molecule has 0 aromatic carbocycles. The number of aliphatic hydroxyl groups excluding tert-OH is 3. The van der Waals surface area contributed by atoms with Gasteiger partial charge in [-0.1, -0.05) is 78.1 Å². The Morgan fingerprint density at radius 2 is 1.74 bits per heavy atom. The summed E-state index contributed by atoms with van der Waals surface area (Å²) in [7, 11) is 0. The number of allylic oxidation sites excluding steroid dienone is 2. The van der Waals surface area contributed by atoms with Gasteiger partial charge in [0.15, 0.2) is 17.6 Å². The van der Waals surface area contributed by atoms with E-state index in [0.717, 1.165) is 42.9 Å². The van der Waals surface area contributed by atoms with Crippen LogP contribution in [0.25, 0.3) is 0 Å². The van der Waals surface area contributed by atoms with Gasteiger partial charge in [-0.05, 0) is 103 Å². The van der Waals surface area contributed by atoms with E-state index in [4.69, 9.17) is 9.47 Å². The molecular formula is C35H57NO6. The number of aliphatic hydroxyl groups is 3. The smallest absolute Gasteiger partial charge is 0.228 e. The van der Waals surface area contributed by atoms with Crippen molar-refractivity contribution < 1.29 is 24.8 Å². The molecule has 0 aromatic heterocycles. The molecule has 3 N–H and O–H groups in total. The van der Waals surface area contributed by atoms with E-state index in [1.165, 1.54) is 38.5 Å². The van der Waals surface area contributed by atoms with Crippen molar-refractivity contribution in [3.63, 3.8) is 0 Å². The molecule has 0 saturated heterocycles. The van der Waals surface area contributed by atoms with Crippen molar-refractivity contribution in [2.75, 3.05) is 6.61 Å². The van der Waals surface area contributed by atoms with Crippen LogP contribution in [0.3, 0.4) is 0 Å². The molecule has 5 aliphatic rings. The number of nitrogens with zero attached hydrogens (tertiary/aromatic N) is 1. The molecule has 42 heavy (non-hydrogen) atoms. The van der Waals surface area contributed by atoms with E-state index in [-0.39, 0.29) is 23.2 Å². The molecule has 0 bridgehead atoms. The highest BCUT2D eigenvalue weighted by Gasteiger charge is 2.59. The molecule has 13 atom stereocenters. The lowest BCUT2D eigenvalue weighted by Gasteiger charge is -2.59. The summed E-state index contributed by atoms with van der Waals surface area (Å²) in [5.41, 5.74) is 2.39. The Hall–Kier alpha value is -1.44. The SMILES string of the molecule is CC(C)C(C)CCC(C)C1CCC2C3=CCC4C(C)C(OC5OC(CO)=C(O)C(N=O)C5O)CCC4(C)C3CCC21C. The number of fused-ring (bicyclic) bond motifs is 5. The van der Waals surface area contributed by atoms with Gasteiger partial charge in [0, 0.05) is 0 Å². The second-order valence-electron chi connectivity index (χ2n) is 15.7. The summed E-state index contributed by atoms with van der Waals surface area (Å²) in [5.74, 6) is 4.52. The molecule has 0 aromatic rings. The van der Waals surface area contributed by atoms with Crippen LogP contribution in [0.15, 0.2) is 28.3 Å². The molecule has 0 amide bonds.